The summed E-state index contributed by atoms with van der Waals surface area (Å²) in [6.07, 6.45) is 2.98. The molecule has 1 aromatic rings. The van der Waals surface area contributed by atoms with Crippen LogP contribution in [0.15, 0.2) is 29.2 Å². The molecule has 0 heterocycles. The second-order valence-corrected chi connectivity index (χ2v) is 7.74. The van der Waals surface area contributed by atoms with Crippen LogP contribution in [0, 0.1) is 0 Å². The Morgan fingerprint density at radius 1 is 1.32 bits per heavy atom. The van der Waals surface area contributed by atoms with Crippen LogP contribution in [0.4, 0.5) is 5.69 Å². The van der Waals surface area contributed by atoms with E-state index >= 15 is 0 Å². The Morgan fingerprint density at radius 3 is 2.36 bits per heavy atom. The molecule has 0 aliphatic heterocycles. The van der Waals surface area contributed by atoms with E-state index in [4.69, 9.17) is 5.11 Å². The lowest BCUT2D eigenvalue weighted by Gasteiger charge is -2.42. The molecule has 0 radical (unpaired) electrons. The summed E-state index contributed by atoms with van der Waals surface area (Å²) in [5, 5.41) is 12.2. The molecule has 1 fully saturated rings. The number of benzene rings is 1. The van der Waals surface area contributed by atoms with Crippen molar-refractivity contribution in [3.05, 3.63) is 24.3 Å². The van der Waals surface area contributed by atoms with E-state index in [0.717, 1.165) is 25.1 Å². The maximum Gasteiger partial charge on any atom is 0.317 e. The van der Waals surface area contributed by atoms with E-state index in [-0.39, 0.29) is 6.54 Å². The summed E-state index contributed by atoms with van der Waals surface area (Å²) in [6, 6.07) is 7.32. The number of carboxylic acid groups (broad SMARTS) is 1. The number of carbonyl (C=O) groups is 1. The monoisotopic (exact) mass is 326 g/mol. The van der Waals surface area contributed by atoms with Gasteiger partial charge in [-0.1, -0.05) is 6.92 Å². The standard InChI is InChI=1S/C15H22N2O4S/c1-3-17(10-15(18)19)13-8-12(9-13)16-11-4-6-14(7-5-11)22(2,20)21/h4-7,12-13,16H,3,8-10H2,1-2H3,(H,18,19). The number of anilines is 1. The van der Waals surface area contributed by atoms with Gasteiger partial charge in [-0.15, -0.1) is 0 Å². The molecular formula is C15H22N2O4S. The van der Waals surface area contributed by atoms with Crippen molar-refractivity contribution in [2.24, 2.45) is 0 Å². The highest BCUT2D eigenvalue weighted by molar-refractivity contribution is 7.90. The van der Waals surface area contributed by atoms with Crippen molar-refractivity contribution in [3.63, 3.8) is 0 Å². The van der Waals surface area contributed by atoms with Crippen LogP contribution in [0.2, 0.25) is 0 Å². The fourth-order valence-corrected chi connectivity index (χ4v) is 3.34. The minimum absolute atomic E-state index is 0.0803. The third-order valence-electron chi connectivity index (χ3n) is 4.03. The molecule has 6 nitrogen and oxygen atoms in total. The van der Waals surface area contributed by atoms with Gasteiger partial charge in [-0.2, -0.15) is 0 Å². The molecule has 7 heteroatoms. The number of sulfone groups is 1. The molecule has 2 N–H and O–H groups in total. The second kappa shape index (κ2) is 6.66. The molecule has 0 bridgehead atoms. The fourth-order valence-electron chi connectivity index (χ4n) is 2.71. The Labute approximate surface area is 131 Å². The largest absolute Gasteiger partial charge is 0.480 e. The number of aliphatic carboxylic acids is 1. The van der Waals surface area contributed by atoms with E-state index in [1.165, 1.54) is 6.26 Å². The van der Waals surface area contributed by atoms with Gasteiger partial charge in [0.05, 0.1) is 11.4 Å². The van der Waals surface area contributed by atoms with Gasteiger partial charge in [-0.3, -0.25) is 9.69 Å². The molecule has 1 aliphatic rings. The molecule has 0 saturated heterocycles. The predicted molar refractivity (Wildman–Crippen MR) is 84.9 cm³/mol. The van der Waals surface area contributed by atoms with Crippen molar-refractivity contribution in [2.75, 3.05) is 24.7 Å². The molecule has 122 valence electrons. The molecule has 1 aromatic carbocycles. The zero-order valence-electron chi connectivity index (χ0n) is 12.8. The topological polar surface area (TPSA) is 86.7 Å². The van der Waals surface area contributed by atoms with Crippen LogP contribution in [-0.4, -0.2) is 55.8 Å². The SMILES string of the molecule is CCN(CC(=O)O)C1CC(Nc2ccc(S(C)(=O)=O)cc2)C1. The van der Waals surface area contributed by atoms with Crippen molar-refractivity contribution in [2.45, 2.75) is 36.7 Å². The Bertz CT molecular complexity index is 621. The average Bonchev–Trinajstić information content (AvgIpc) is 2.39. The van der Waals surface area contributed by atoms with E-state index < -0.39 is 15.8 Å². The summed E-state index contributed by atoms with van der Waals surface area (Å²) in [6.45, 7) is 2.78. The Kier molecular flexibility index (Phi) is 5.08. The van der Waals surface area contributed by atoms with Gasteiger partial charge in [0.15, 0.2) is 9.84 Å². The summed E-state index contributed by atoms with van der Waals surface area (Å²) < 4.78 is 22.8. The predicted octanol–water partition coefficient (Wildman–Crippen LogP) is 1.44. The quantitative estimate of drug-likeness (QED) is 0.788. The lowest BCUT2D eigenvalue weighted by atomic mass is 9.85. The second-order valence-electron chi connectivity index (χ2n) is 5.72. The van der Waals surface area contributed by atoms with Crippen molar-refractivity contribution < 1.29 is 18.3 Å². The van der Waals surface area contributed by atoms with Crippen molar-refractivity contribution in [3.8, 4) is 0 Å². The maximum absolute atomic E-state index is 11.4. The average molecular weight is 326 g/mol. The summed E-state index contributed by atoms with van der Waals surface area (Å²) in [5.41, 5.74) is 0.886. The van der Waals surface area contributed by atoms with Crippen LogP contribution in [0.5, 0.6) is 0 Å². The van der Waals surface area contributed by atoms with Crippen molar-refractivity contribution >= 4 is 21.5 Å². The molecule has 0 spiro atoms. The maximum atomic E-state index is 11.4. The number of carboxylic acids is 1. The number of nitrogens with zero attached hydrogens (tertiary/aromatic N) is 1. The molecule has 0 aromatic heterocycles. The summed E-state index contributed by atoms with van der Waals surface area (Å²) in [4.78, 5) is 13.1. The van der Waals surface area contributed by atoms with E-state index in [1.807, 2.05) is 11.8 Å². The van der Waals surface area contributed by atoms with Crippen LogP contribution >= 0.6 is 0 Å². The smallest absolute Gasteiger partial charge is 0.317 e. The third-order valence-corrected chi connectivity index (χ3v) is 5.16. The highest BCUT2D eigenvalue weighted by Gasteiger charge is 2.33. The number of likely N-dealkylation sites (N-methyl/N-ethyl adjacent to an activating group) is 1. The molecule has 22 heavy (non-hydrogen) atoms. The number of hydrogen-bond acceptors (Lipinski definition) is 5. The van der Waals surface area contributed by atoms with Crippen molar-refractivity contribution in [1.29, 1.82) is 0 Å². The zero-order chi connectivity index (χ0) is 16.3. The number of hydrogen-bond donors (Lipinski definition) is 2. The van der Waals surface area contributed by atoms with E-state index in [0.29, 0.717) is 17.0 Å². The normalized spacial score (nSPS) is 21.4. The van der Waals surface area contributed by atoms with Gasteiger partial charge in [0.2, 0.25) is 0 Å². The van der Waals surface area contributed by atoms with Crippen LogP contribution in [-0.2, 0) is 14.6 Å². The van der Waals surface area contributed by atoms with Crippen LogP contribution in [0.1, 0.15) is 19.8 Å². The van der Waals surface area contributed by atoms with Gasteiger partial charge in [-0.05, 0) is 43.7 Å². The first-order valence-electron chi connectivity index (χ1n) is 7.32. The third kappa shape index (κ3) is 4.20. The zero-order valence-corrected chi connectivity index (χ0v) is 13.6. The first-order valence-corrected chi connectivity index (χ1v) is 9.21. The van der Waals surface area contributed by atoms with Gasteiger partial charge < -0.3 is 10.4 Å². The summed E-state index contributed by atoms with van der Waals surface area (Å²) in [5.74, 6) is -0.797. The van der Waals surface area contributed by atoms with Gasteiger partial charge in [-0.25, -0.2) is 8.42 Å². The Morgan fingerprint density at radius 2 is 1.91 bits per heavy atom. The number of rotatable bonds is 7. The molecule has 1 aliphatic carbocycles. The van der Waals surface area contributed by atoms with Gasteiger partial charge in [0, 0.05) is 24.0 Å². The number of nitrogens with one attached hydrogen (secondary N) is 1. The Hall–Kier alpha value is -1.60. The van der Waals surface area contributed by atoms with Crippen LogP contribution < -0.4 is 5.32 Å². The highest BCUT2D eigenvalue weighted by Crippen LogP contribution is 2.28. The van der Waals surface area contributed by atoms with Gasteiger partial charge in [0.25, 0.3) is 0 Å². The summed E-state index contributed by atoms with van der Waals surface area (Å²) >= 11 is 0. The van der Waals surface area contributed by atoms with Gasteiger partial charge in [0.1, 0.15) is 0 Å². The van der Waals surface area contributed by atoms with E-state index in [2.05, 4.69) is 5.32 Å². The lowest BCUT2D eigenvalue weighted by Crippen LogP contribution is -2.51. The lowest BCUT2D eigenvalue weighted by molar-refractivity contribution is -0.139. The fraction of sp³-hybridized carbons (Fsp3) is 0.533. The molecule has 0 atom stereocenters. The Balaban J connectivity index is 1.86. The molecule has 0 amide bonds. The summed E-state index contributed by atoms with van der Waals surface area (Å²) in [7, 11) is -3.16. The highest BCUT2D eigenvalue weighted by atomic mass is 32.2. The van der Waals surface area contributed by atoms with Crippen molar-refractivity contribution in [1.82, 2.24) is 4.90 Å². The first kappa shape index (κ1) is 16.8. The minimum atomic E-state index is -3.16. The molecule has 2 rings (SSSR count). The van der Waals surface area contributed by atoms with Crippen LogP contribution in [0.3, 0.4) is 0 Å². The molecular weight excluding hydrogens is 304 g/mol. The van der Waals surface area contributed by atoms with E-state index in [1.54, 1.807) is 24.3 Å². The van der Waals surface area contributed by atoms with Gasteiger partial charge >= 0.3 is 5.97 Å². The first-order chi connectivity index (χ1) is 10.3. The molecule has 0 unspecified atom stereocenters. The molecule has 1 saturated carbocycles. The van der Waals surface area contributed by atoms with E-state index in [9.17, 15) is 13.2 Å². The van der Waals surface area contributed by atoms with Crippen LogP contribution in [0.25, 0.3) is 0 Å². The minimum Gasteiger partial charge on any atom is -0.480 e.